The highest BCUT2D eigenvalue weighted by Gasteiger charge is 2.21. The topological polar surface area (TPSA) is 16.4 Å². The number of rotatable bonds is 8. The van der Waals surface area contributed by atoms with E-state index in [2.05, 4.69) is 229 Å². The summed E-state index contributed by atoms with van der Waals surface area (Å²) in [6, 6.07) is 84.8. The monoisotopic (exact) mass is 765 g/mol. The van der Waals surface area contributed by atoms with Crippen LogP contribution in [0.2, 0.25) is 0 Å². The number of hydrogen-bond acceptors (Lipinski definition) is 2. The molecular formula is C58H39NO. The zero-order valence-corrected chi connectivity index (χ0v) is 32.9. The fourth-order valence-electron chi connectivity index (χ4n) is 8.94. The van der Waals surface area contributed by atoms with E-state index in [0.717, 1.165) is 44.6 Å². The van der Waals surface area contributed by atoms with Gasteiger partial charge in [0.15, 0.2) is 0 Å². The third-order valence-corrected chi connectivity index (χ3v) is 11.7. The number of nitrogens with zero attached hydrogens (tertiary/aromatic N) is 1. The predicted molar refractivity (Wildman–Crippen MR) is 253 cm³/mol. The standard InChI is InChI=1S/C58H39NO/c1-2-16-40(17-3-1)48-21-6-8-23-50(48)52-25-10-11-26-53(52)51-24-9-7-22-49(51)43-34-38-45(39-35-43)59(55-29-15-31-57-58(55)54-27-12-13-30-56(54)60-57)44-36-32-42(33-37-44)47-28-14-19-41-18-4-5-20-46(41)47/h1-39H. The first kappa shape index (κ1) is 35.2. The molecule has 0 amide bonds. The third-order valence-electron chi connectivity index (χ3n) is 11.7. The summed E-state index contributed by atoms with van der Waals surface area (Å²) in [5.74, 6) is 0. The first-order valence-corrected chi connectivity index (χ1v) is 20.5. The second kappa shape index (κ2) is 15.1. The fraction of sp³-hybridized carbons (Fsp3) is 0. The van der Waals surface area contributed by atoms with Crippen LogP contribution in [0.3, 0.4) is 0 Å². The third kappa shape index (κ3) is 6.23. The molecule has 1 heterocycles. The number of fused-ring (bicyclic) bond motifs is 4. The van der Waals surface area contributed by atoms with E-state index < -0.39 is 0 Å². The molecule has 0 aliphatic rings. The van der Waals surface area contributed by atoms with Crippen molar-refractivity contribution >= 4 is 49.8 Å². The highest BCUT2D eigenvalue weighted by Crippen LogP contribution is 2.45. The molecule has 60 heavy (non-hydrogen) atoms. The Kier molecular flexibility index (Phi) is 8.87. The lowest BCUT2D eigenvalue weighted by molar-refractivity contribution is 0.669. The average molecular weight is 766 g/mol. The Bertz CT molecular complexity index is 3300. The molecule has 0 N–H and O–H groups in total. The maximum atomic E-state index is 6.41. The molecule has 2 heteroatoms. The van der Waals surface area contributed by atoms with Gasteiger partial charge in [-0.3, -0.25) is 0 Å². The van der Waals surface area contributed by atoms with Crippen LogP contribution in [-0.4, -0.2) is 0 Å². The van der Waals surface area contributed by atoms with Crippen LogP contribution in [0.15, 0.2) is 241 Å². The van der Waals surface area contributed by atoms with Crippen molar-refractivity contribution in [2.24, 2.45) is 0 Å². The second-order valence-corrected chi connectivity index (χ2v) is 15.2. The summed E-state index contributed by atoms with van der Waals surface area (Å²) in [4.78, 5) is 2.36. The molecule has 0 saturated heterocycles. The van der Waals surface area contributed by atoms with Crippen molar-refractivity contribution in [3.05, 3.63) is 237 Å². The van der Waals surface area contributed by atoms with Crippen LogP contribution in [0.1, 0.15) is 0 Å². The Hall–Kier alpha value is -7.94. The zero-order chi connectivity index (χ0) is 39.8. The van der Waals surface area contributed by atoms with Crippen molar-refractivity contribution in [1.29, 1.82) is 0 Å². The van der Waals surface area contributed by atoms with Crippen molar-refractivity contribution in [2.75, 3.05) is 4.90 Å². The molecule has 11 aromatic rings. The second-order valence-electron chi connectivity index (χ2n) is 15.2. The summed E-state index contributed by atoms with van der Waals surface area (Å²) < 4.78 is 6.41. The first-order chi connectivity index (χ1) is 29.8. The lowest BCUT2D eigenvalue weighted by Gasteiger charge is -2.27. The summed E-state index contributed by atoms with van der Waals surface area (Å²) in [6.07, 6.45) is 0. The highest BCUT2D eigenvalue weighted by atomic mass is 16.3. The predicted octanol–water partition coefficient (Wildman–Crippen LogP) is 16.5. The van der Waals surface area contributed by atoms with Gasteiger partial charge in [0.25, 0.3) is 0 Å². The largest absolute Gasteiger partial charge is 0.456 e. The Morgan fingerprint density at radius 3 is 1.32 bits per heavy atom. The van der Waals surface area contributed by atoms with Crippen LogP contribution in [0.4, 0.5) is 17.1 Å². The Morgan fingerprint density at radius 2 is 0.683 bits per heavy atom. The molecule has 0 saturated carbocycles. The molecule has 0 radical (unpaired) electrons. The molecular weight excluding hydrogens is 727 g/mol. The quantitative estimate of drug-likeness (QED) is 0.153. The maximum Gasteiger partial charge on any atom is 0.137 e. The minimum atomic E-state index is 0.865. The van der Waals surface area contributed by atoms with Crippen LogP contribution in [-0.2, 0) is 0 Å². The van der Waals surface area contributed by atoms with Gasteiger partial charge in [0.2, 0.25) is 0 Å². The molecule has 0 bridgehead atoms. The lowest BCUT2D eigenvalue weighted by atomic mass is 9.87. The Labute approximate surface area is 349 Å². The normalized spacial score (nSPS) is 11.3. The molecule has 1 aromatic heterocycles. The molecule has 11 rings (SSSR count). The van der Waals surface area contributed by atoms with Gasteiger partial charge in [0.05, 0.1) is 11.1 Å². The molecule has 0 atom stereocenters. The van der Waals surface area contributed by atoms with Crippen molar-refractivity contribution in [3.63, 3.8) is 0 Å². The van der Waals surface area contributed by atoms with E-state index in [9.17, 15) is 0 Å². The molecule has 0 unspecified atom stereocenters. The average Bonchev–Trinajstić information content (AvgIpc) is 3.72. The molecule has 0 spiro atoms. The van der Waals surface area contributed by atoms with Crippen LogP contribution < -0.4 is 4.90 Å². The van der Waals surface area contributed by atoms with E-state index >= 15 is 0 Å². The summed E-state index contributed by atoms with van der Waals surface area (Å²) in [5, 5.41) is 4.67. The number of furan rings is 1. The van der Waals surface area contributed by atoms with E-state index in [4.69, 9.17) is 4.42 Å². The Morgan fingerprint density at radius 1 is 0.267 bits per heavy atom. The molecule has 10 aromatic carbocycles. The summed E-state index contributed by atoms with van der Waals surface area (Å²) in [7, 11) is 0. The number of benzene rings is 10. The maximum absolute atomic E-state index is 6.41. The van der Waals surface area contributed by atoms with E-state index in [0.29, 0.717) is 0 Å². The van der Waals surface area contributed by atoms with E-state index in [1.807, 2.05) is 12.1 Å². The van der Waals surface area contributed by atoms with Crippen LogP contribution in [0.5, 0.6) is 0 Å². The number of hydrogen-bond donors (Lipinski definition) is 0. The van der Waals surface area contributed by atoms with Gasteiger partial charge in [0, 0.05) is 16.8 Å². The lowest BCUT2D eigenvalue weighted by Crippen LogP contribution is -2.10. The van der Waals surface area contributed by atoms with Crippen LogP contribution in [0.25, 0.3) is 88.3 Å². The minimum absolute atomic E-state index is 0.865. The number of para-hydroxylation sites is 1. The van der Waals surface area contributed by atoms with Gasteiger partial charge in [-0.1, -0.05) is 194 Å². The van der Waals surface area contributed by atoms with Gasteiger partial charge in [-0.25, -0.2) is 0 Å². The minimum Gasteiger partial charge on any atom is -0.456 e. The van der Waals surface area contributed by atoms with Crippen molar-refractivity contribution in [1.82, 2.24) is 0 Å². The van der Waals surface area contributed by atoms with E-state index in [1.165, 1.54) is 60.8 Å². The van der Waals surface area contributed by atoms with Gasteiger partial charge in [-0.2, -0.15) is 0 Å². The van der Waals surface area contributed by atoms with Crippen molar-refractivity contribution in [3.8, 4) is 55.6 Å². The first-order valence-electron chi connectivity index (χ1n) is 20.5. The fourth-order valence-corrected chi connectivity index (χ4v) is 8.94. The molecule has 0 aliphatic carbocycles. The van der Waals surface area contributed by atoms with E-state index in [1.54, 1.807) is 0 Å². The molecule has 0 fully saturated rings. The summed E-state index contributed by atoms with van der Waals surface area (Å²) >= 11 is 0. The van der Waals surface area contributed by atoms with Crippen LogP contribution >= 0.6 is 0 Å². The highest BCUT2D eigenvalue weighted by molar-refractivity contribution is 6.13. The van der Waals surface area contributed by atoms with Gasteiger partial charge >= 0.3 is 0 Å². The SMILES string of the molecule is c1ccc(-c2ccccc2-c2ccccc2-c2ccccc2-c2ccc(N(c3ccc(-c4cccc5ccccc45)cc3)c3cccc4oc5ccccc5c34)cc2)cc1. The zero-order valence-electron chi connectivity index (χ0n) is 32.9. The van der Waals surface area contributed by atoms with Crippen molar-refractivity contribution < 1.29 is 4.42 Å². The van der Waals surface area contributed by atoms with Gasteiger partial charge in [-0.05, 0) is 109 Å². The number of anilines is 3. The van der Waals surface area contributed by atoms with Gasteiger partial charge < -0.3 is 9.32 Å². The summed E-state index contributed by atoms with van der Waals surface area (Å²) in [6.45, 7) is 0. The van der Waals surface area contributed by atoms with E-state index in [-0.39, 0.29) is 0 Å². The van der Waals surface area contributed by atoms with Gasteiger partial charge in [-0.15, -0.1) is 0 Å². The molecule has 282 valence electrons. The summed E-state index contributed by atoms with van der Waals surface area (Å²) in [5.41, 5.74) is 16.9. The Balaban J connectivity index is 1.03. The smallest absolute Gasteiger partial charge is 0.137 e. The van der Waals surface area contributed by atoms with Gasteiger partial charge in [0.1, 0.15) is 11.2 Å². The molecule has 2 nitrogen and oxygen atoms in total. The van der Waals surface area contributed by atoms with Crippen molar-refractivity contribution in [2.45, 2.75) is 0 Å². The van der Waals surface area contributed by atoms with Crippen LogP contribution in [0, 0.1) is 0 Å². The molecule has 0 aliphatic heterocycles.